The van der Waals surface area contributed by atoms with Gasteiger partial charge in [0, 0.05) is 28.1 Å². The molecular formula is C25H19NO. The van der Waals surface area contributed by atoms with E-state index in [1.807, 2.05) is 0 Å². The van der Waals surface area contributed by atoms with E-state index in [0.29, 0.717) is 0 Å². The highest BCUT2D eigenvalue weighted by Crippen LogP contribution is 2.56. The molecule has 2 atom stereocenters. The Morgan fingerprint density at radius 1 is 0.852 bits per heavy atom. The molecule has 0 spiro atoms. The SMILES string of the molecule is CC12Oc3ccccc3C1C=Cc1c2c2ccccc2n1-c1ccccc1. The Morgan fingerprint density at radius 2 is 1.59 bits per heavy atom. The van der Waals surface area contributed by atoms with Crippen molar-refractivity contribution < 1.29 is 4.74 Å². The molecule has 0 amide bonds. The van der Waals surface area contributed by atoms with Crippen LogP contribution in [-0.2, 0) is 5.60 Å². The van der Waals surface area contributed by atoms with E-state index in [1.54, 1.807) is 0 Å². The van der Waals surface area contributed by atoms with Crippen molar-refractivity contribution in [2.45, 2.75) is 18.4 Å². The fourth-order valence-corrected chi connectivity index (χ4v) is 4.89. The third-order valence-corrected chi connectivity index (χ3v) is 6.04. The van der Waals surface area contributed by atoms with Gasteiger partial charge in [0.2, 0.25) is 0 Å². The molecular weight excluding hydrogens is 330 g/mol. The van der Waals surface area contributed by atoms with E-state index in [4.69, 9.17) is 4.74 Å². The van der Waals surface area contributed by atoms with Gasteiger partial charge >= 0.3 is 0 Å². The Morgan fingerprint density at radius 3 is 2.48 bits per heavy atom. The number of hydrogen-bond acceptors (Lipinski definition) is 1. The van der Waals surface area contributed by atoms with Crippen molar-refractivity contribution in [2.75, 3.05) is 0 Å². The molecule has 0 saturated carbocycles. The van der Waals surface area contributed by atoms with Crippen molar-refractivity contribution >= 4 is 17.0 Å². The summed E-state index contributed by atoms with van der Waals surface area (Å²) < 4.78 is 8.97. The molecule has 1 aliphatic carbocycles. The second-order valence-corrected chi connectivity index (χ2v) is 7.53. The third-order valence-electron chi connectivity index (χ3n) is 6.04. The highest BCUT2D eigenvalue weighted by atomic mass is 16.5. The van der Waals surface area contributed by atoms with Crippen LogP contribution in [-0.4, -0.2) is 4.57 Å². The van der Waals surface area contributed by atoms with Crippen LogP contribution in [0.1, 0.15) is 29.7 Å². The quantitative estimate of drug-likeness (QED) is 0.408. The van der Waals surface area contributed by atoms with Gasteiger partial charge in [-0.15, -0.1) is 0 Å². The molecule has 0 bridgehead atoms. The first kappa shape index (κ1) is 14.9. The van der Waals surface area contributed by atoms with Gasteiger partial charge in [0.15, 0.2) is 0 Å². The van der Waals surface area contributed by atoms with Gasteiger partial charge < -0.3 is 9.30 Å². The molecule has 3 aromatic carbocycles. The smallest absolute Gasteiger partial charge is 0.144 e. The average molecular weight is 349 g/mol. The highest BCUT2D eigenvalue weighted by molar-refractivity contribution is 5.92. The van der Waals surface area contributed by atoms with Crippen molar-refractivity contribution in [2.24, 2.45) is 0 Å². The minimum atomic E-state index is -0.395. The van der Waals surface area contributed by atoms with Crippen LogP contribution < -0.4 is 4.74 Å². The van der Waals surface area contributed by atoms with Gasteiger partial charge in [-0.05, 0) is 37.3 Å². The Hall–Kier alpha value is -3.26. The maximum Gasteiger partial charge on any atom is 0.144 e. The van der Waals surface area contributed by atoms with Crippen molar-refractivity contribution in [1.29, 1.82) is 0 Å². The predicted octanol–water partition coefficient (Wildman–Crippen LogP) is 6.05. The zero-order valence-corrected chi connectivity index (χ0v) is 15.1. The molecule has 2 heteroatoms. The number of aromatic nitrogens is 1. The first-order valence-corrected chi connectivity index (χ1v) is 9.43. The van der Waals surface area contributed by atoms with Gasteiger partial charge in [0.05, 0.1) is 11.2 Å². The maximum absolute atomic E-state index is 6.62. The van der Waals surface area contributed by atoms with Gasteiger partial charge in [-0.2, -0.15) is 0 Å². The summed E-state index contributed by atoms with van der Waals surface area (Å²) in [5.74, 6) is 1.23. The molecule has 1 aromatic heterocycles. The van der Waals surface area contributed by atoms with E-state index in [-0.39, 0.29) is 5.92 Å². The molecule has 130 valence electrons. The van der Waals surface area contributed by atoms with Gasteiger partial charge in [0.1, 0.15) is 11.4 Å². The van der Waals surface area contributed by atoms with Crippen LogP contribution in [0, 0.1) is 0 Å². The third kappa shape index (κ3) is 1.85. The lowest BCUT2D eigenvalue weighted by atomic mass is 9.76. The molecule has 6 rings (SSSR count). The van der Waals surface area contributed by atoms with Gasteiger partial charge in [-0.1, -0.05) is 60.7 Å². The van der Waals surface area contributed by atoms with E-state index >= 15 is 0 Å². The summed E-state index contributed by atoms with van der Waals surface area (Å²) in [7, 11) is 0. The Kier molecular flexibility index (Phi) is 2.83. The number of para-hydroxylation sites is 3. The van der Waals surface area contributed by atoms with E-state index in [2.05, 4.69) is 103 Å². The number of rotatable bonds is 1. The second kappa shape index (κ2) is 5.14. The highest BCUT2D eigenvalue weighted by Gasteiger charge is 2.49. The molecule has 2 heterocycles. The predicted molar refractivity (Wildman–Crippen MR) is 109 cm³/mol. The van der Waals surface area contributed by atoms with Crippen molar-refractivity contribution in [3.8, 4) is 11.4 Å². The van der Waals surface area contributed by atoms with E-state index in [0.717, 1.165) is 5.75 Å². The van der Waals surface area contributed by atoms with Crippen LogP contribution in [0.25, 0.3) is 22.7 Å². The number of benzene rings is 3. The summed E-state index contributed by atoms with van der Waals surface area (Å²) in [5, 5.41) is 1.26. The lowest BCUT2D eigenvalue weighted by molar-refractivity contribution is 0.101. The summed E-state index contributed by atoms with van der Waals surface area (Å²) in [6, 6.07) is 27.7. The molecule has 0 saturated heterocycles. The average Bonchev–Trinajstić information content (AvgIpc) is 3.20. The molecule has 2 aliphatic rings. The minimum absolute atomic E-state index is 0.233. The standard InChI is InChI=1S/C25H19NO/c1-25-20(18-11-6-8-14-23(18)27-25)15-16-22-24(25)19-12-5-7-13-21(19)26(22)17-9-3-2-4-10-17/h2-16,20H,1H3. The zero-order chi connectivity index (χ0) is 18.0. The Labute approximate surface area is 158 Å². The van der Waals surface area contributed by atoms with Gasteiger partial charge in [-0.3, -0.25) is 0 Å². The molecule has 27 heavy (non-hydrogen) atoms. The summed E-state index contributed by atoms with van der Waals surface area (Å²) >= 11 is 0. The van der Waals surface area contributed by atoms with Crippen LogP contribution in [0.4, 0.5) is 0 Å². The lowest BCUT2D eigenvalue weighted by Crippen LogP contribution is -2.33. The second-order valence-electron chi connectivity index (χ2n) is 7.53. The number of hydrogen-bond donors (Lipinski definition) is 0. The lowest BCUT2D eigenvalue weighted by Gasteiger charge is -2.33. The van der Waals surface area contributed by atoms with E-state index in [9.17, 15) is 0 Å². The molecule has 0 fully saturated rings. The normalized spacial score (nSPS) is 22.2. The van der Waals surface area contributed by atoms with Crippen LogP contribution in [0.5, 0.6) is 5.75 Å². The van der Waals surface area contributed by atoms with Crippen LogP contribution >= 0.6 is 0 Å². The van der Waals surface area contributed by atoms with Gasteiger partial charge in [0.25, 0.3) is 0 Å². The van der Waals surface area contributed by atoms with Crippen molar-refractivity contribution in [3.05, 3.63) is 102 Å². The first-order chi connectivity index (χ1) is 13.3. The number of ether oxygens (including phenoxy) is 1. The molecule has 0 N–H and O–H groups in total. The Balaban J connectivity index is 1.70. The fourth-order valence-electron chi connectivity index (χ4n) is 4.89. The summed E-state index contributed by atoms with van der Waals surface area (Å²) in [6.45, 7) is 2.24. The van der Waals surface area contributed by atoms with Crippen molar-refractivity contribution in [1.82, 2.24) is 4.57 Å². The topological polar surface area (TPSA) is 14.2 Å². The number of nitrogens with zero attached hydrogens (tertiary/aromatic N) is 1. The van der Waals surface area contributed by atoms with Crippen LogP contribution in [0.3, 0.4) is 0 Å². The molecule has 2 nitrogen and oxygen atoms in total. The molecule has 1 aliphatic heterocycles. The molecule has 2 unspecified atom stereocenters. The van der Waals surface area contributed by atoms with E-state index in [1.165, 1.54) is 33.4 Å². The summed E-state index contributed by atoms with van der Waals surface area (Å²) in [4.78, 5) is 0. The zero-order valence-electron chi connectivity index (χ0n) is 15.1. The fraction of sp³-hybridized carbons (Fsp3) is 0.120. The van der Waals surface area contributed by atoms with Crippen molar-refractivity contribution in [3.63, 3.8) is 0 Å². The monoisotopic (exact) mass is 349 g/mol. The summed E-state index contributed by atoms with van der Waals surface area (Å²) in [5.41, 5.74) is 5.78. The molecule has 4 aromatic rings. The number of fused-ring (bicyclic) bond motifs is 7. The maximum atomic E-state index is 6.62. The van der Waals surface area contributed by atoms with Gasteiger partial charge in [-0.25, -0.2) is 0 Å². The summed E-state index contributed by atoms with van der Waals surface area (Å²) in [6.07, 6.45) is 4.59. The Bertz CT molecular complexity index is 1220. The first-order valence-electron chi connectivity index (χ1n) is 9.43. The minimum Gasteiger partial charge on any atom is -0.481 e. The van der Waals surface area contributed by atoms with E-state index < -0.39 is 5.60 Å². The molecule has 0 radical (unpaired) electrons. The van der Waals surface area contributed by atoms with Crippen LogP contribution in [0.2, 0.25) is 0 Å². The largest absolute Gasteiger partial charge is 0.481 e. The van der Waals surface area contributed by atoms with Crippen LogP contribution in [0.15, 0.2) is 84.9 Å².